The molecule has 0 aliphatic carbocycles. The number of halogens is 1. The number of hydrogen-bond acceptors (Lipinski definition) is 3. The zero-order valence-electron chi connectivity index (χ0n) is 14.9. The highest BCUT2D eigenvalue weighted by Gasteiger charge is 2.08. The molecule has 138 valence electrons. The van der Waals surface area contributed by atoms with E-state index in [9.17, 15) is 9.18 Å². The van der Waals surface area contributed by atoms with E-state index in [1.165, 1.54) is 12.1 Å². The van der Waals surface area contributed by atoms with Gasteiger partial charge in [0.05, 0.1) is 6.21 Å². The van der Waals surface area contributed by atoms with Crippen molar-refractivity contribution >= 4 is 23.0 Å². The summed E-state index contributed by atoms with van der Waals surface area (Å²) < 4.78 is 15.2. The van der Waals surface area contributed by atoms with Gasteiger partial charge >= 0.3 is 0 Å². The van der Waals surface area contributed by atoms with Crippen LogP contribution in [0.15, 0.2) is 84.4 Å². The van der Waals surface area contributed by atoms with E-state index in [4.69, 9.17) is 0 Å². The van der Waals surface area contributed by atoms with Crippen molar-refractivity contribution < 1.29 is 9.18 Å². The quantitative estimate of drug-likeness (QED) is 0.425. The third-order valence-electron chi connectivity index (χ3n) is 4.40. The molecule has 4 aromatic rings. The van der Waals surface area contributed by atoms with Crippen molar-refractivity contribution in [3.05, 3.63) is 102 Å². The molecule has 5 nitrogen and oxygen atoms in total. The lowest BCUT2D eigenvalue weighted by molar-refractivity contribution is 0.0955. The van der Waals surface area contributed by atoms with Crippen molar-refractivity contribution in [2.75, 3.05) is 0 Å². The second kappa shape index (κ2) is 7.84. The summed E-state index contributed by atoms with van der Waals surface area (Å²) in [6.45, 7) is 0.609. The average Bonchev–Trinajstić information content (AvgIpc) is 3.08. The van der Waals surface area contributed by atoms with Gasteiger partial charge in [0, 0.05) is 47.2 Å². The lowest BCUT2D eigenvalue weighted by Crippen LogP contribution is -2.17. The van der Waals surface area contributed by atoms with Gasteiger partial charge in [-0.1, -0.05) is 30.3 Å². The summed E-state index contributed by atoms with van der Waals surface area (Å²) in [4.78, 5) is 16.0. The molecule has 0 fully saturated rings. The zero-order chi connectivity index (χ0) is 19.3. The van der Waals surface area contributed by atoms with Gasteiger partial charge in [0.2, 0.25) is 0 Å². The summed E-state index contributed by atoms with van der Waals surface area (Å²) in [5.74, 6) is -0.549. The van der Waals surface area contributed by atoms with Crippen molar-refractivity contribution in [2.24, 2.45) is 5.10 Å². The molecule has 0 spiro atoms. The number of nitrogens with one attached hydrogen (secondary N) is 1. The lowest BCUT2D eigenvalue weighted by atomic mass is 10.2. The van der Waals surface area contributed by atoms with Crippen molar-refractivity contribution in [3.8, 4) is 0 Å². The highest BCUT2D eigenvalue weighted by atomic mass is 19.1. The Morgan fingerprint density at radius 3 is 2.61 bits per heavy atom. The van der Waals surface area contributed by atoms with Crippen molar-refractivity contribution in [1.29, 1.82) is 0 Å². The number of aromatic nitrogens is 2. The Morgan fingerprint density at radius 2 is 1.82 bits per heavy atom. The van der Waals surface area contributed by atoms with E-state index in [-0.39, 0.29) is 11.7 Å². The fraction of sp³-hybridized carbons (Fsp3) is 0.0455. The molecule has 1 amide bonds. The standard InChI is InChI=1S/C22H17FN4O/c23-19-7-5-16(6-8-19)14-27-15-18(20-3-1-2-4-21(20)27)13-25-26-22(28)17-9-11-24-12-10-17/h1-13,15H,14H2,(H,26,28)/b25-13+. The number of para-hydroxylation sites is 1. The van der Waals surface area contributed by atoms with Gasteiger partial charge in [-0.3, -0.25) is 9.78 Å². The van der Waals surface area contributed by atoms with E-state index >= 15 is 0 Å². The Kier molecular flexibility index (Phi) is 4.93. The highest BCUT2D eigenvalue weighted by Crippen LogP contribution is 2.21. The molecule has 0 unspecified atom stereocenters. The third kappa shape index (κ3) is 3.81. The van der Waals surface area contributed by atoms with Gasteiger partial charge in [-0.05, 0) is 35.9 Å². The van der Waals surface area contributed by atoms with Crippen LogP contribution < -0.4 is 5.43 Å². The number of nitrogens with zero attached hydrogens (tertiary/aromatic N) is 3. The summed E-state index contributed by atoms with van der Waals surface area (Å²) in [5, 5.41) is 5.11. The van der Waals surface area contributed by atoms with Gasteiger partial charge in [0.15, 0.2) is 0 Å². The van der Waals surface area contributed by atoms with Crippen LogP contribution in [0.3, 0.4) is 0 Å². The van der Waals surface area contributed by atoms with Gasteiger partial charge in [0.25, 0.3) is 5.91 Å². The topological polar surface area (TPSA) is 59.3 Å². The number of benzene rings is 2. The minimum atomic E-state index is -0.297. The Morgan fingerprint density at radius 1 is 1.07 bits per heavy atom. The molecule has 2 aromatic carbocycles. The van der Waals surface area contributed by atoms with Crippen LogP contribution in [0.1, 0.15) is 21.5 Å². The Hall–Kier alpha value is -3.80. The highest BCUT2D eigenvalue weighted by molar-refractivity contribution is 6.00. The molecule has 0 aliphatic rings. The Balaban J connectivity index is 1.57. The number of fused-ring (bicyclic) bond motifs is 1. The fourth-order valence-corrected chi connectivity index (χ4v) is 3.02. The number of hydrazone groups is 1. The predicted octanol–water partition coefficient (Wildman–Crippen LogP) is 3.99. The van der Waals surface area contributed by atoms with Crippen molar-refractivity contribution in [2.45, 2.75) is 6.54 Å². The molecule has 28 heavy (non-hydrogen) atoms. The van der Waals surface area contributed by atoms with E-state index in [1.807, 2.05) is 30.5 Å². The SMILES string of the molecule is O=C(N/N=C/c1cn(Cc2ccc(F)cc2)c2ccccc12)c1ccncc1. The van der Waals surface area contributed by atoms with E-state index in [0.29, 0.717) is 12.1 Å². The molecule has 6 heteroatoms. The van der Waals surface area contributed by atoms with Gasteiger partial charge in [0.1, 0.15) is 5.82 Å². The number of amides is 1. The average molecular weight is 372 g/mol. The first kappa shape index (κ1) is 17.6. The second-order valence-corrected chi connectivity index (χ2v) is 6.29. The van der Waals surface area contributed by atoms with Crippen LogP contribution in [0, 0.1) is 5.82 Å². The summed E-state index contributed by atoms with van der Waals surface area (Å²) >= 11 is 0. The largest absolute Gasteiger partial charge is 0.342 e. The molecule has 0 bridgehead atoms. The van der Waals surface area contributed by atoms with Gasteiger partial charge in [-0.2, -0.15) is 5.10 Å². The molecule has 0 atom stereocenters. The molecule has 0 radical (unpaired) electrons. The second-order valence-electron chi connectivity index (χ2n) is 6.29. The first-order valence-electron chi connectivity index (χ1n) is 8.76. The van der Waals surface area contributed by atoms with Crippen LogP contribution in [-0.2, 0) is 6.54 Å². The summed E-state index contributed by atoms with van der Waals surface area (Å²) in [6, 6.07) is 17.6. The van der Waals surface area contributed by atoms with Crippen LogP contribution in [0.5, 0.6) is 0 Å². The Bertz CT molecular complexity index is 1130. The molecule has 0 saturated carbocycles. The van der Waals surface area contributed by atoms with Crippen LogP contribution in [0.4, 0.5) is 4.39 Å². The predicted molar refractivity (Wildman–Crippen MR) is 107 cm³/mol. The molecule has 4 rings (SSSR count). The van der Waals surface area contributed by atoms with E-state index < -0.39 is 0 Å². The molecule has 0 aliphatic heterocycles. The summed E-state index contributed by atoms with van der Waals surface area (Å²) in [6.07, 6.45) is 6.71. The maximum atomic E-state index is 13.1. The molecule has 1 N–H and O–H groups in total. The normalized spacial score (nSPS) is 11.2. The zero-order valence-corrected chi connectivity index (χ0v) is 14.9. The summed E-state index contributed by atoms with van der Waals surface area (Å²) in [7, 11) is 0. The van der Waals surface area contributed by atoms with Gasteiger partial charge in [-0.15, -0.1) is 0 Å². The first-order valence-corrected chi connectivity index (χ1v) is 8.76. The molecule has 2 heterocycles. The fourth-order valence-electron chi connectivity index (χ4n) is 3.02. The minimum Gasteiger partial charge on any atom is -0.342 e. The number of pyridine rings is 1. The number of hydrogen-bond donors (Lipinski definition) is 1. The molecular formula is C22H17FN4O. The monoisotopic (exact) mass is 372 g/mol. The number of carbonyl (C=O) groups excluding carboxylic acids is 1. The molecule has 2 aromatic heterocycles. The molecule has 0 saturated heterocycles. The smallest absolute Gasteiger partial charge is 0.271 e. The van der Waals surface area contributed by atoms with Crippen LogP contribution in [0.25, 0.3) is 10.9 Å². The summed E-state index contributed by atoms with van der Waals surface area (Å²) in [5.41, 5.74) is 5.94. The van der Waals surface area contributed by atoms with Crippen LogP contribution in [-0.4, -0.2) is 21.7 Å². The van der Waals surface area contributed by atoms with E-state index in [1.54, 1.807) is 42.9 Å². The minimum absolute atomic E-state index is 0.251. The van der Waals surface area contributed by atoms with Crippen LogP contribution in [0.2, 0.25) is 0 Å². The van der Waals surface area contributed by atoms with Crippen molar-refractivity contribution in [3.63, 3.8) is 0 Å². The van der Waals surface area contributed by atoms with Gasteiger partial charge < -0.3 is 4.57 Å². The van der Waals surface area contributed by atoms with E-state index in [2.05, 4.69) is 20.1 Å². The van der Waals surface area contributed by atoms with Gasteiger partial charge in [-0.25, -0.2) is 9.82 Å². The van der Waals surface area contributed by atoms with Crippen molar-refractivity contribution in [1.82, 2.24) is 15.0 Å². The van der Waals surface area contributed by atoms with E-state index in [0.717, 1.165) is 22.0 Å². The number of rotatable bonds is 5. The number of carbonyl (C=O) groups is 1. The maximum Gasteiger partial charge on any atom is 0.271 e. The lowest BCUT2D eigenvalue weighted by Gasteiger charge is -2.05. The first-order chi connectivity index (χ1) is 13.7. The molecular weight excluding hydrogens is 355 g/mol. The Labute approximate surface area is 161 Å². The third-order valence-corrected chi connectivity index (χ3v) is 4.40. The maximum absolute atomic E-state index is 13.1. The van der Waals surface area contributed by atoms with Crippen LogP contribution >= 0.6 is 0 Å².